The van der Waals surface area contributed by atoms with E-state index in [2.05, 4.69) is 9.72 Å². The van der Waals surface area contributed by atoms with Gasteiger partial charge in [-0.15, -0.1) is 13.2 Å². The molecule has 1 aromatic heterocycles. The molecule has 0 saturated heterocycles. The summed E-state index contributed by atoms with van der Waals surface area (Å²) < 4.78 is 41.8. The molecular weight excluding hydrogens is 555 g/mol. The van der Waals surface area contributed by atoms with Crippen molar-refractivity contribution >= 4 is 11.6 Å². The van der Waals surface area contributed by atoms with E-state index in [-0.39, 0.29) is 30.2 Å². The quantitative estimate of drug-likeness (QED) is 0.145. The first-order valence-electron chi connectivity index (χ1n) is 14.3. The van der Waals surface area contributed by atoms with Gasteiger partial charge in [-0.05, 0) is 79.5 Å². The highest BCUT2D eigenvalue weighted by molar-refractivity contribution is 6.01. The first kappa shape index (κ1) is 31.6. The van der Waals surface area contributed by atoms with E-state index in [1.807, 2.05) is 48.5 Å². The fourth-order valence-corrected chi connectivity index (χ4v) is 5.06. The Bertz CT molecular complexity index is 1480. The molecule has 5 nitrogen and oxygen atoms in total. The second kappa shape index (κ2) is 15.3. The summed E-state index contributed by atoms with van der Waals surface area (Å²) in [6.07, 6.45) is -1.25. The summed E-state index contributed by atoms with van der Waals surface area (Å²) in [7, 11) is 0. The third-order valence-corrected chi connectivity index (χ3v) is 7.27. The molecule has 224 valence electrons. The maximum Gasteiger partial charge on any atom is 0.573 e. The Balaban J connectivity index is 1.39. The zero-order chi connectivity index (χ0) is 30.7. The van der Waals surface area contributed by atoms with Gasteiger partial charge in [-0.1, -0.05) is 66.7 Å². The highest BCUT2D eigenvalue weighted by atomic mass is 19.4. The van der Waals surface area contributed by atoms with Crippen LogP contribution in [0.15, 0.2) is 103 Å². The Morgan fingerprint density at radius 3 is 2.21 bits per heavy atom. The number of Topliss-reactive ketones (excluding diaryl/α,β-unsaturated/α-hetero) is 2. The standard InChI is InChI=1S/C35H34F3NO4/c36-35(37,38)43-31-16-6-11-26(22-31)12-7-17-32(40)29(21-25-9-2-1-3-10-25)24-34(42)28-14-8-13-27(23-28)33(41)19-18-30-15-4-5-20-39-30/h1-6,8-11,13-16,20,22-23,29,32,40H,7,12,17-19,21,24H2/t29-,32-/m1/s1. The number of aromatic nitrogens is 1. The second-order valence-corrected chi connectivity index (χ2v) is 10.6. The Morgan fingerprint density at radius 1 is 0.791 bits per heavy atom. The summed E-state index contributed by atoms with van der Waals surface area (Å²) in [5.74, 6) is -0.920. The van der Waals surface area contributed by atoms with Crippen LogP contribution in [0.2, 0.25) is 0 Å². The number of carbonyl (C=O) groups excluding carboxylic acids is 2. The van der Waals surface area contributed by atoms with Crippen LogP contribution >= 0.6 is 0 Å². The Kier molecular flexibility index (Phi) is 11.2. The molecule has 1 N–H and O–H groups in total. The van der Waals surface area contributed by atoms with Gasteiger partial charge in [0.05, 0.1) is 6.10 Å². The maximum atomic E-state index is 13.4. The number of ether oxygens (including phenoxy) is 1. The summed E-state index contributed by atoms with van der Waals surface area (Å²) in [5, 5.41) is 11.2. The van der Waals surface area contributed by atoms with Crippen molar-refractivity contribution in [3.8, 4) is 5.75 Å². The monoisotopic (exact) mass is 589 g/mol. The maximum absolute atomic E-state index is 13.4. The lowest BCUT2D eigenvalue weighted by Gasteiger charge is -2.23. The summed E-state index contributed by atoms with van der Waals surface area (Å²) >= 11 is 0. The molecule has 3 aromatic carbocycles. The zero-order valence-electron chi connectivity index (χ0n) is 23.7. The van der Waals surface area contributed by atoms with Gasteiger partial charge >= 0.3 is 6.36 Å². The Hall–Kier alpha value is -4.30. The van der Waals surface area contributed by atoms with Crippen molar-refractivity contribution in [2.24, 2.45) is 5.92 Å². The predicted molar refractivity (Wildman–Crippen MR) is 158 cm³/mol. The number of halogens is 3. The fraction of sp³-hybridized carbons (Fsp3) is 0.286. The lowest BCUT2D eigenvalue weighted by atomic mass is 9.85. The number of rotatable bonds is 15. The third kappa shape index (κ3) is 10.5. The van der Waals surface area contributed by atoms with E-state index < -0.39 is 18.4 Å². The molecule has 8 heteroatoms. The van der Waals surface area contributed by atoms with Crippen LogP contribution in [0.4, 0.5) is 13.2 Å². The lowest BCUT2D eigenvalue weighted by Crippen LogP contribution is -2.26. The number of nitrogens with zero attached hydrogens (tertiary/aromatic N) is 1. The minimum Gasteiger partial charge on any atom is -0.406 e. The average Bonchev–Trinajstić information content (AvgIpc) is 3.00. The molecule has 0 fully saturated rings. The Labute approximate surface area is 249 Å². The van der Waals surface area contributed by atoms with Crippen molar-refractivity contribution in [2.75, 3.05) is 0 Å². The summed E-state index contributed by atoms with van der Waals surface area (Å²) in [6, 6.07) is 27.6. The van der Waals surface area contributed by atoms with E-state index in [1.165, 1.54) is 18.2 Å². The van der Waals surface area contributed by atoms with Crippen LogP contribution in [-0.2, 0) is 19.3 Å². The number of alkyl halides is 3. The molecule has 0 bridgehead atoms. The smallest absolute Gasteiger partial charge is 0.406 e. The van der Waals surface area contributed by atoms with Crippen LogP contribution in [-0.4, -0.2) is 34.1 Å². The molecule has 4 rings (SSSR count). The molecule has 0 saturated carbocycles. The number of hydrogen-bond acceptors (Lipinski definition) is 5. The molecule has 2 atom stereocenters. The number of pyridine rings is 1. The molecule has 0 aliphatic heterocycles. The van der Waals surface area contributed by atoms with Gasteiger partial charge in [0, 0.05) is 35.9 Å². The van der Waals surface area contributed by atoms with Gasteiger partial charge in [0.15, 0.2) is 11.6 Å². The van der Waals surface area contributed by atoms with E-state index in [4.69, 9.17) is 0 Å². The first-order valence-corrected chi connectivity index (χ1v) is 14.3. The SMILES string of the molecule is O=C(CCc1ccccn1)c1cccc(C(=O)C[C@@H](Cc2ccccc2)[C@H](O)CCCc2cccc(OC(F)(F)F)c2)c1. The second-order valence-electron chi connectivity index (χ2n) is 10.6. The van der Waals surface area contributed by atoms with Gasteiger partial charge in [-0.2, -0.15) is 0 Å². The predicted octanol–water partition coefficient (Wildman–Crippen LogP) is 7.61. The molecular formula is C35H34F3NO4. The van der Waals surface area contributed by atoms with Crippen molar-refractivity contribution in [1.82, 2.24) is 4.98 Å². The molecule has 0 aliphatic carbocycles. The number of ketones is 2. The minimum absolute atomic E-state index is 0.0779. The number of aryl methyl sites for hydroxylation is 2. The number of aliphatic hydroxyl groups is 1. The highest BCUT2D eigenvalue weighted by Crippen LogP contribution is 2.26. The largest absolute Gasteiger partial charge is 0.573 e. The molecule has 4 aromatic rings. The van der Waals surface area contributed by atoms with E-state index in [0.717, 1.165) is 11.3 Å². The van der Waals surface area contributed by atoms with Gasteiger partial charge in [-0.3, -0.25) is 14.6 Å². The van der Waals surface area contributed by atoms with Crippen LogP contribution in [0.5, 0.6) is 5.75 Å². The van der Waals surface area contributed by atoms with Crippen molar-refractivity contribution < 1.29 is 32.6 Å². The van der Waals surface area contributed by atoms with Crippen LogP contribution in [0, 0.1) is 5.92 Å². The van der Waals surface area contributed by atoms with E-state index >= 15 is 0 Å². The molecule has 0 aliphatic rings. The van der Waals surface area contributed by atoms with E-state index in [1.54, 1.807) is 36.5 Å². The van der Waals surface area contributed by atoms with Crippen molar-refractivity contribution in [2.45, 2.75) is 57.4 Å². The van der Waals surface area contributed by atoms with Crippen molar-refractivity contribution in [3.63, 3.8) is 0 Å². The number of aliphatic hydroxyl groups excluding tert-OH is 1. The average molecular weight is 590 g/mol. The number of hydrogen-bond donors (Lipinski definition) is 1. The summed E-state index contributed by atoms with van der Waals surface area (Å²) in [6.45, 7) is 0. The van der Waals surface area contributed by atoms with Gasteiger partial charge in [-0.25, -0.2) is 0 Å². The Morgan fingerprint density at radius 2 is 1.49 bits per heavy atom. The molecule has 1 heterocycles. The summed E-state index contributed by atoms with van der Waals surface area (Å²) in [4.78, 5) is 30.5. The van der Waals surface area contributed by atoms with Crippen molar-refractivity contribution in [3.05, 3.63) is 131 Å². The normalized spacial score (nSPS) is 12.8. The molecule has 0 unspecified atom stereocenters. The zero-order valence-corrected chi connectivity index (χ0v) is 23.7. The first-order chi connectivity index (χ1) is 20.7. The van der Waals surface area contributed by atoms with Gasteiger partial charge in [0.1, 0.15) is 5.75 Å². The fourth-order valence-electron chi connectivity index (χ4n) is 5.06. The van der Waals surface area contributed by atoms with Crippen LogP contribution in [0.3, 0.4) is 0 Å². The van der Waals surface area contributed by atoms with Crippen LogP contribution in [0.1, 0.15) is 63.2 Å². The number of carbonyl (C=O) groups is 2. The third-order valence-electron chi connectivity index (χ3n) is 7.27. The van der Waals surface area contributed by atoms with Gasteiger partial charge in [0.25, 0.3) is 0 Å². The van der Waals surface area contributed by atoms with Gasteiger partial charge < -0.3 is 9.84 Å². The lowest BCUT2D eigenvalue weighted by molar-refractivity contribution is -0.274. The van der Waals surface area contributed by atoms with E-state index in [0.29, 0.717) is 48.8 Å². The molecule has 0 radical (unpaired) electrons. The number of benzene rings is 3. The van der Waals surface area contributed by atoms with Crippen LogP contribution in [0.25, 0.3) is 0 Å². The van der Waals surface area contributed by atoms with E-state index in [9.17, 15) is 27.9 Å². The molecule has 43 heavy (non-hydrogen) atoms. The highest BCUT2D eigenvalue weighted by Gasteiger charge is 2.31. The minimum atomic E-state index is -4.77. The molecule has 0 spiro atoms. The van der Waals surface area contributed by atoms with Crippen LogP contribution < -0.4 is 4.74 Å². The topological polar surface area (TPSA) is 76.5 Å². The van der Waals surface area contributed by atoms with Crippen molar-refractivity contribution in [1.29, 1.82) is 0 Å². The summed E-state index contributed by atoms with van der Waals surface area (Å²) in [5.41, 5.74) is 3.33. The van der Waals surface area contributed by atoms with Gasteiger partial charge in [0.2, 0.25) is 0 Å². The molecule has 0 amide bonds.